The van der Waals surface area contributed by atoms with Crippen LogP contribution in [0.15, 0.2) is 24.3 Å². The Morgan fingerprint density at radius 3 is 2.82 bits per heavy atom. The molecule has 0 fully saturated rings. The van der Waals surface area contributed by atoms with Crippen molar-refractivity contribution in [1.29, 1.82) is 0 Å². The van der Waals surface area contributed by atoms with Gasteiger partial charge in [-0.1, -0.05) is 12.1 Å². The molecular formula is C12H14O4S. The van der Waals surface area contributed by atoms with Crippen LogP contribution in [0.1, 0.15) is 22.8 Å². The fraction of sp³-hybridized carbons (Fsp3) is 0.333. The second-order valence-corrected chi connectivity index (χ2v) is 4.29. The highest BCUT2D eigenvalue weighted by atomic mass is 32.2. The zero-order valence-electron chi connectivity index (χ0n) is 9.51. The molecule has 0 unspecified atom stereocenters. The summed E-state index contributed by atoms with van der Waals surface area (Å²) in [6, 6.07) is 6.69. The number of aromatic carboxylic acids is 1. The van der Waals surface area contributed by atoms with Crippen molar-refractivity contribution < 1.29 is 19.4 Å². The van der Waals surface area contributed by atoms with Gasteiger partial charge < -0.3 is 9.84 Å². The molecule has 17 heavy (non-hydrogen) atoms. The normalized spacial score (nSPS) is 9.94. The van der Waals surface area contributed by atoms with Crippen molar-refractivity contribution in [3.63, 3.8) is 0 Å². The third-order valence-electron chi connectivity index (χ3n) is 1.97. The highest BCUT2D eigenvalue weighted by molar-refractivity contribution is 7.99. The molecule has 1 rings (SSSR count). The van der Waals surface area contributed by atoms with Crippen LogP contribution >= 0.6 is 11.8 Å². The fourth-order valence-electron chi connectivity index (χ4n) is 1.25. The highest BCUT2D eigenvalue weighted by Crippen LogP contribution is 2.14. The maximum Gasteiger partial charge on any atom is 0.335 e. The van der Waals surface area contributed by atoms with Crippen molar-refractivity contribution in [1.82, 2.24) is 0 Å². The lowest BCUT2D eigenvalue weighted by molar-refractivity contribution is -0.139. The number of hydrogen-bond donors (Lipinski definition) is 1. The van der Waals surface area contributed by atoms with E-state index in [0.29, 0.717) is 12.4 Å². The number of rotatable bonds is 6. The van der Waals surface area contributed by atoms with Crippen LogP contribution in [-0.4, -0.2) is 29.4 Å². The van der Waals surface area contributed by atoms with Crippen LogP contribution in [0.3, 0.4) is 0 Å². The number of carboxylic acids is 1. The number of esters is 1. The Kier molecular flexibility index (Phi) is 5.56. The minimum absolute atomic E-state index is 0.244. The summed E-state index contributed by atoms with van der Waals surface area (Å²) in [6.45, 7) is 2.15. The van der Waals surface area contributed by atoms with Gasteiger partial charge in [0.25, 0.3) is 0 Å². The van der Waals surface area contributed by atoms with Gasteiger partial charge in [-0.15, -0.1) is 11.8 Å². The SMILES string of the molecule is CCOC(=O)CSCc1cccc(C(=O)O)c1. The summed E-state index contributed by atoms with van der Waals surface area (Å²) in [7, 11) is 0. The van der Waals surface area contributed by atoms with Gasteiger partial charge in [-0.25, -0.2) is 4.79 Å². The number of carbonyl (C=O) groups is 2. The van der Waals surface area contributed by atoms with Crippen molar-refractivity contribution in [2.24, 2.45) is 0 Å². The maximum absolute atomic E-state index is 11.1. The van der Waals surface area contributed by atoms with Crippen molar-refractivity contribution in [2.75, 3.05) is 12.4 Å². The van der Waals surface area contributed by atoms with E-state index in [9.17, 15) is 9.59 Å². The van der Waals surface area contributed by atoms with Gasteiger partial charge in [-0.3, -0.25) is 4.79 Å². The average molecular weight is 254 g/mol. The second-order valence-electron chi connectivity index (χ2n) is 3.30. The number of benzene rings is 1. The zero-order chi connectivity index (χ0) is 12.7. The molecule has 0 saturated heterocycles. The summed E-state index contributed by atoms with van der Waals surface area (Å²) >= 11 is 1.41. The Labute approximate surface area is 104 Å². The van der Waals surface area contributed by atoms with E-state index in [0.717, 1.165) is 5.56 Å². The first-order chi connectivity index (χ1) is 8.13. The Morgan fingerprint density at radius 2 is 2.18 bits per heavy atom. The van der Waals surface area contributed by atoms with Gasteiger partial charge in [0.15, 0.2) is 0 Å². The Morgan fingerprint density at radius 1 is 1.41 bits per heavy atom. The van der Waals surface area contributed by atoms with Crippen molar-refractivity contribution in [3.05, 3.63) is 35.4 Å². The molecule has 0 aliphatic carbocycles. The fourth-order valence-corrected chi connectivity index (χ4v) is 2.02. The minimum atomic E-state index is -0.942. The first kappa shape index (κ1) is 13.6. The summed E-state index contributed by atoms with van der Waals surface area (Å²) in [5.74, 6) is -0.306. The number of ether oxygens (including phenoxy) is 1. The first-order valence-electron chi connectivity index (χ1n) is 5.19. The number of hydrogen-bond acceptors (Lipinski definition) is 4. The topological polar surface area (TPSA) is 63.6 Å². The molecule has 0 aliphatic rings. The van der Waals surface area contributed by atoms with Crippen LogP contribution in [0.5, 0.6) is 0 Å². The zero-order valence-corrected chi connectivity index (χ0v) is 10.3. The molecule has 4 nitrogen and oxygen atoms in total. The molecule has 0 atom stereocenters. The summed E-state index contributed by atoms with van der Waals surface area (Å²) in [4.78, 5) is 21.8. The third-order valence-corrected chi connectivity index (χ3v) is 2.95. The van der Waals surface area contributed by atoms with Gasteiger partial charge in [0.05, 0.1) is 17.9 Å². The highest BCUT2D eigenvalue weighted by Gasteiger charge is 2.05. The molecule has 92 valence electrons. The quantitative estimate of drug-likeness (QED) is 0.788. The van der Waals surface area contributed by atoms with Gasteiger partial charge in [-0.05, 0) is 24.6 Å². The average Bonchev–Trinajstić information content (AvgIpc) is 2.30. The standard InChI is InChI=1S/C12H14O4S/c1-2-16-11(13)8-17-7-9-4-3-5-10(6-9)12(14)15/h3-6H,2,7-8H2,1H3,(H,14,15). The monoisotopic (exact) mass is 254 g/mol. The van der Waals surface area contributed by atoms with Crippen LogP contribution in [0.25, 0.3) is 0 Å². The Hall–Kier alpha value is -1.49. The van der Waals surface area contributed by atoms with E-state index >= 15 is 0 Å². The van der Waals surface area contributed by atoms with Gasteiger partial charge in [0.1, 0.15) is 0 Å². The molecule has 1 N–H and O–H groups in total. The molecule has 0 spiro atoms. The predicted octanol–water partition coefficient (Wildman–Crippen LogP) is 2.18. The molecule has 1 aromatic carbocycles. The van der Waals surface area contributed by atoms with Crippen LogP contribution in [0.4, 0.5) is 0 Å². The van der Waals surface area contributed by atoms with E-state index in [1.807, 2.05) is 6.07 Å². The van der Waals surface area contributed by atoms with E-state index in [-0.39, 0.29) is 17.3 Å². The van der Waals surface area contributed by atoms with Crippen LogP contribution < -0.4 is 0 Å². The third kappa shape index (κ3) is 4.91. The molecular weight excluding hydrogens is 240 g/mol. The van der Waals surface area contributed by atoms with Crippen molar-refractivity contribution >= 4 is 23.7 Å². The van der Waals surface area contributed by atoms with Crippen LogP contribution in [0.2, 0.25) is 0 Å². The second kappa shape index (κ2) is 6.96. The predicted molar refractivity (Wildman–Crippen MR) is 66.2 cm³/mol. The summed E-state index contributed by atoms with van der Waals surface area (Å²) < 4.78 is 4.79. The molecule has 0 bridgehead atoms. The number of carboxylic acid groups (broad SMARTS) is 1. The van der Waals surface area contributed by atoms with Gasteiger partial charge >= 0.3 is 11.9 Å². The number of carbonyl (C=O) groups excluding carboxylic acids is 1. The van der Waals surface area contributed by atoms with E-state index in [2.05, 4.69) is 0 Å². The molecule has 0 amide bonds. The van der Waals surface area contributed by atoms with E-state index in [4.69, 9.17) is 9.84 Å². The number of thioether (sulfide) groups is 1. The summed E-state index contributed by atoms with van der Waals surface area (Å²) in [5.41, 5.74) is 1.15. The Bertz CT molecular complexity index is 403. The first-order valence-corrected chi connectivity index (χ1v) is 6.34. The van der Waals surface area contributed by atoms with Gasteiger partial charge in [0, 0.05) is 5.75 Å². The molecule has 0 aliphatic heterocycles. The van der Waals surface area contributed by atoms with Crippen molar-refractivity contribution in [2.45, 2.75) is 12.7 Å². The largest absolute Gasteiger partial charge is 0.478 e. The summed E-state index contributed by atoms with van der Waals surface area (Å²) in [6.07, 6.45) is 0. The Balaban J connectivity index is 2.44. The molecule has 1 aromatic rings. The molecule has 0 radical (unpaired) electrons. The lowest BCUT2D eigenvalue weighted by Crippen LogP contribution is -2.06. The summed E-state index contributed by atoms with van der Waals surface area (Å²) in [5, 5.41) is 8.81. The van der Waals surface area contributed by atoms with E-state index in [1.165, 1.54) is 11.8 Å². The van der Waals surface area contributed by atoms with Crippen LogP contribution in [0, 0.1) is 0 Å². The van der Waals surface area contributed by atoms with Crippen LogP contribution in [-0.2, 0) is 15.3 Å². The van der Waals surface area contributed by atoms with E-state index < -0.39 is 5.97 Å². The molecule has 0 heterocycles. The lowest BCUT2D eigenvalue weighted by atomic mass is 10.1. The van der Waals surface area contributed by atoms with Crippen molar-refractivity contribution in [3.8, 4) is 0 Å². The molecule has 0 saturated carbocycles. The lowest BCUT2D eigenvalue weighted by Gasteiger charge is -2.03. The van der Waals surface area contributed by atoms with Gasteiger partial charge in [-0.2, -0.15) is 0 Å². The van der Waals surface area contributed by atoms with Gasteiger partial charge in [0.2, 0.25) is 0 Å². The molecule has 5 heteroatoms. The molecule has 0 aromatic heterocycles. The smallest absolute Gasteiger partial charge is 0.335 e. The van der Waals surface area contributed by atoms with E-state index in [1.54, 1.807) is 25.1 Å². The minimum Gasteiger partial charge on any atom is -0.478 e. The maximum atomic E-state index is 11.1.